The van der Waals surface area contributed by atoms with Crippen LogP contribution >= 0.6 is 0 Å². The maximum atomic E-state index is 6.16. The van der Waals surface area contributed by atoms with Gasteiger partial charge in [0.05, 0.1) is 24.6 Å². The number of aryl methyl sites for hydroxylation is 2. The molecule has 0 spiro atoms. The summed E-state index contributed by atoms with van der Waals surface area (Å²) < 4.78 is 11.9. The highest BCUT2D eigenvalue weighted by Gasteiger charge is 2.07. The number of imidazole rings is 1. The molecular formula is C25H21N5O. The Hall–Kier alpha value is -4.19. The van der Waals surface area contributed by atoms with E-state index in [1.165, 1.54) is 0 Å². The first-order valence-corrected chi connectivity index (χ1v) is 9.97. The van der Waals surface area contributed by atoms with Crippen LogP contribution in [0.3, 0.4) is 0 Å². The van der Waals surface area contributed by atoms with Crippen molar-refractivity contribution in [1.82, 2.24) is 19.3 Å². The summed E-state index contributed by atoms with van der Waals surface area (Å²) in [5, 5.41) is 4.50. The topological polar surface area (TPSA) is 48.8 Å². The van der Waals surface area contributed by atoms with Gasteiger partial charge >= 0.3 is 0 Å². The van der Waals surface area contributed by atoms with E-state index < -0.39 is 0 Å². The van der Waals surface area contributed by atoms with Crippen LogP contribution in [0.4, 0.5) is 0 Å². The molecule has 31 heavy (non-hydrogen) atoms. The third-order valence-electron chi connectivity index (χ3n) is 4.96. The number of benzene rings is 2. The van der Waals surface area contributed by atoms with Crippen LogP contribution in [0.2, 0.25) is 0 Å². The van der Waals surface area contributed by atoms with Crippen molar-refractivity contribution in [3.8, 4) is 34.0 Å². The molecule has 3 aromatic heterocycles. The third-order valence-corrected chi connectivity index (χ3v) is 4.96. The van der Waals surface area contributed by atoms with Crippen LogP contribution in [0.15, 0.2) is 91.6 Å². The summed E-state index contributed by atoms with van der Waals surface area (Å²) in [6.07, 6.45) is 12.7. The lowest BCUT2D eigenvalue weighted by Gasteiger charge is -2.11. The van der Waals surface area contributed by atoms with Crippen LogP contribution in [0.25, 0.3) is 22.5 Å². The van der Waals surface area contributed by atoms with E-state index in [1.807, 2.05) is 106 Å². The molecule has 0 saturated carbocycles. The van der Waals surface area contributed by atoms with E-state index >= 15 is 0 Å². The molecule has 0 amide bonds. The highest BCUT2D eigenvalue weighted by Crippen LogP contribution is 2.26. The van der Waals surface area contributed by atoms with Gasteiger partial charge in [-0.2, -0.15) is 5.10 Å². The van der Waals surface area contributed by atoms with Gasteiger partial charge in [-0.3, -0.25) is 4.98 Å². The molecule has 6 heteroatoms. The fourth-order valence-corrected chi connectivity index (χ4v) is 3.52. The van der Waals surface area contributed by atoms with Crippen molar-refractivity contribution in [2.75, 3.05) is 0 Å². The van der Waals surface area contributed by atoms with E-state index in [0.717, 1.165) is 39.7 Å². The van der Waals surface area contributed by atoms with Gasteiger partial charge in [-0.1, -0.05) is 24.3 Å². The van der Waals surface area contributed by atoms with Gasteiger partial charge in [0, 0.05) is 47.7 Å². The number of hydrogen-bond donors (Lipinski definition) is 0. The Bertz CT molecular complexity index is 1340. The van der Waals surface area contributed by atoms with Gasteiger partial charge in [0.15, 0.2) is 0 Å². The Morgan fingerprint density at radius 1 is 0.903 bits per heavy atom. The molecule has 0 saturated heterocycles. The number of ether oxygens (including phenoxy) is 1. The maximum Gasteiger partial charge on any atom is 0.243 e. The summed E-state index contributed by atoms with van der Waals surface area (Å²) >= 11 is 0. The molecule has 5 rings (SSSR count). The fourth-order valence-electron chi connectivity index (χ4n) is 3.52. The minimum absolute atomic E-state index is 0.742. The number of nitrogens with zero attached hydrogens (tertiary/aromatic N) is 5. The molecule has 6 nitrogen and oxygen atoms in total. The minimum Gasteiger partial charge on any atom is -0.458 e. The Kier molecular flexibility index (Phi) is 4.80. The van der Waals surface area contributed by atoms with Crippen molar-refractivity contribution in [2.45, 2.75) is 6.92 Å². The number of hydrogen-bond acceptors (Lipinski definition) is 3. The van der Waals surface area contributed by atoms with Gasteiger partial charge in [-0.25, -0.2) is 4.68 Å². The molecule has 152 valence electrons. The normalized spacial score (nSPS) is 10.9. The van der Waals surface area contributed by atoms with Gasteiger partial charge < -0.3 is 13.9 Å². The summed E-state index contributed by atoms with van der Waals surface area (Å²) in [5.41, 5.74) is 5.07. The standard InChI is InChI=1S/C25H21N5O/c1-19-16-28(2)18-29(19)22-7-3-9-24(12-22)31-25-10-4-8-23(13-25)30-17-21(15-27-30)20-6-5-11-26-14-20/h3-17H,1-2H3. The maximum absolute atomic E-state index is 6.16. The highest BCUT2D eigenvalue weighted by molar-refractivity contribution is 5.61. The first kappa shape index (κ1) is 18.8. The Morgan fingerprint density at radius 3 is 2.39 bits per heavy atom. The largest absolute Gasteiger partial charge is 0.458 e. The molecule has 0 aliphatic heterocycles. The van der Waals surface area contributed by atoms with Gasteiger partial charge in [-0.05, 0) is 37.3 Å². The van der Waals surface area contributed by atoms with Gasteiger partial charge in [0.2, 0.25) is 6.33 Å². The first-order valence-electron chi connectivity index (χ1n) is 9.97. The van der Waals surface area contributed by atoms with E-state index in [-0.39, 0.29) is 0 Å². The van der Waals surface area contributed by atoms with Crippen molar-refractivity contribution < 1.29 is 9.30 Å². The van der Waals surface area contributed by atoms with Crippen molar-refractivity contribution in [3.63, 3.8) is 0 Å². The Labute approximate surface area is 180 Å². The molecule has 3 heterocycles. The Balaban J connectivity index is 1.40. The first-order chi connectivity index (χ1) is 15.2. The van der Waals surface area contributed by atoms with E-state index in [1.54, 1.807) is 6.20 Å². The average Bonchev–Trinajstić information content (AvgIpc) is 3.41. The summed E-state index contributed by atoms with van der Waals surface area (Å²) in [4.78, 5) is 4.18. The zero-order chi connectivity index (χ0) is 21.2. The lowest BCUT2D eigenvalue weighted by molar-refractivity contribution is -0.675. The molecule has 2 aromatic carbocycles. The molecule has 0 atom stereocenters. The van der Waals surface area contributed by atoms with Crippen molar-refractivity contribution in [3.05, 3.63) is 104 Å². The minimum atomic E-state index is 0.742. The van der Waals surface area contributed by atoms with Crippen LogP contribution in [-0.2, 0) is 7.05 Å². The van der Waals surface area contributed by atoms with E-state index in [2.05, 4.69) is 23.3 Å². The van der Waals surface area contributed by atoms with Crippen LogP contribution in [0, 0.1) is 13.3 Å². The van der Waals surface area contributed by atoms with Crippen molar-refractivity contribution in [2.24, 2.45) is 7.05 Å². The summed E-state index contributed by atoms with van der Waals surface area (Å²) in [7, 11) is 1.96. The van der Waals surface area contributed by atoms with Crippen molar-refractivity contribution in [1.29, 1.82) is 0 Å². The van der Waals surface area contributed by atoms with Gasteiger partial charge in [0.25, 0.3) is 0 Å². The molecule has 0 fully saturated rings. The lowest BCUT2D eigenvalue weighted by atomic mass is 10.2. The second-order valence-corrected chi connectivity index (χ2v) is 7.33. The zero-order valence-corrected chi connectivity index (χ0v) is 17.3. The Morgan fingerprint density at radius 2 is 1.68 bits per heavy atom. The fraction of sp³-hybridized carbons (Fsp3) is 0.0800. The molecule has 0 bridgehead atoms. The number of aromatic nitrogens is 5. The second-order valence-electron chi connectivity index (χ2n) is 7.33. The summed E-state index contributed by atoms with van der Waals surface area (Å²) in [5.74, 6) is 1.50. The van der Waals surface area contributed by atoms with Gasteiger partial charge in [0.1, 0.15) is 11.5 Å². The summed E-state index contributed by atoms with van der Waals surface area (Å²) in [6.45, 7) is 2.05. The SMILES string of the molecule is Cc1c[n+](C)[c-]n1-c1cccc(Oc2cccc(-n3cc(-c4cccnc4)cn3)c2)c1. The van der Waals surface area contributed by atoms with Crippen LogP contribution < -0.4 is 9.30 Å². The molecule has 0 aliphatic carbocycles. The van der Waals surface area contributed by atoms with Crippen LogP contribution in [0.1, 0.15) is 5.69 Å². The molecular weight excluding hydrogens is 386 g/mol. The second kappa shape index (κ2) is 7.91. The zero-order valence-electron chi connectivity index (χ0n) is 17.3. The molecule has 5 aromatic rings. The van der Waals surface area contributed by atoms with E-state index in [9.17, 15) is 0 Å². The molecule has 0 N–H and O–H groups in total. The van der Waals surface area contributed by atoms with Gasteiger partial charge in [-0.15, -0.1) is 0 Å². The van der Waals surface area contributed by atoms with Crippen LogP contribution in [0.5, 0.6) is 11.5 Å². The summed E-state index contributed by atoms with van der Waals surface area (Å²) in [6, 6.07) is 19.8. The molecule has 0 radical (unpaired) electrons. The predicted octanol–water partition coefficient (Wildman–Crippen LogP) is 4.45. The smallest absolute Gasteiger partial charge is 0.243 e. The van der Waals surface area contributed by atoms with E-state index in [0.29, 0.717) is 0 Å². The molecule has 0 aliphatic rings. The monoisotopic (exact) mass is 407 g/mol. The quantitative estimate of drug-likeness (QED) is 0.319. The lowest BCUT2D eigenvalue weighted by Crippen LogP contribution is -2.24. The van der Waals surface area contributed by atoms with E-state index in [4.69, 9.17) is 4.74 Å². The molecule has 0 unspecified atom stereocenters. The predicted molar refractivity (Wildman–Crippen MR) is 117 cm³/mol. The number of rotatable bonds is 5. The van der Waals surface area contributed by atoms with Crippen molar-refractivity contribution >= 4 is 0 Å². The highest BCUT2D eigenvalue weighted by atomic mass is 16.5. The average molecular weight is 407 g/mol. The van der Waals surface area contributed by atoms with Crippen LogP contribution in [-0.4, -0.2) is 19.3 Å². The third kappa shape index (κ3) is 3.96. The number of pyridine rings is 1.